The summed E-state index contributed by atoms with van der Waals surface area (Å²) in [6, 6.07) is 24.0. The van der Waals surface area contributed by atoms with Gasteiger partial charge in [-0.2, -0.15) is 0 Å². The molecule has 5 heteroatoms. The van der Waals surface area contributed by atoms with E-state index in [1.54, 1.807) is 72.8 Å². The van der Waals surface area contributed by atoms with E-state index in [1.807, 2.05) is 12.1 Å². The maximum absolute atomic E-state index is 13.5. The summed E-state index contributed by atoms with van der Waals surface area (Å²) in [6.07, 6.45) is 0.644. The lowest BCUT2D eigenvalue weighted by atomic mass is 10.2. The van der Waals surface area contributed by atoms with Gasteiger partial charge in [0.05, 0.1) is 5.30 Å². The van der Waals surface area contributed by atoms with Crippen LogP contribution in [0.4, 0.5) is 0 Å². The zero-order valence-corrected chi connectivity index (χ0v) is 13.6. The van der Waals surface area contributed by atoms with E-state index in [-0.39, 0.29) is 10.9 Å². The molecule has 24 heavy (non-hydrogen) atoms. The van der Waals surface area contributed by atoms with Crippen LogP contribution in [0.15, 0.2) is 84.9 Å². The SMILES string of the molecule is O=Cc1ccccc1P(=O)(Oc1ccccc1)Oc1ccccc1. The summed E-state index contributed by atoms with van der Waals surface area (Å²) in [5.41, 5.74) is 0.271. The second kappa shape index (κ2) is 7.16. The molecule has 0 fully saturated rings. The molecule has 0 saturated carbocycles. The average molecular weight is 338 g/mol. The highest BCUT2D eigenvalue weighted by Gasteiger charge is 2.33. The van der Waals surface area contributed by atoms with Gasteiger partial charge in [-0.25, -0.2) is 4.57 Å². The third kappa shape index (κ3) is 3.55. The van der Waals surface area contributed by atoms with Crippen LogP contribution in [0, 0.1) is 0 Å². The molecule has 0 unspecified atom stereocenters. The standard InChI is InChI=1S/C19H15O4P/c20-15-16-9-7-8-14-19(16)24(21,22-17-10-3-1-4-11-17)23-18-12-5-2-6-13-18/h1-15H. The molecule has 4 nitrogen and oxygen atoms in total. The van der Waals surface area contributed by atoms with E-state index in [9.17, 15) is 9.36 Å². The summed E-state index contributed by atoms with van der Waals surface area (Å²) in [5.74, 6) is 0.801. The van der Waals surface area contributed by atoms with Crippen molar-refractivity contribution in [3.63, 3.8) is 0 Å². The van der Waals surface area contributed by atoms with E-state index >= 15 is 0 Å². The van der Waals surface area contributed by atoms with Crippen molar-refractivity contribution in [2.24, 2.45) is 0 Å². The number of aldehydes is 1. The van der Waals surface area contributed by atoms with Gasteiger partial charge >= 0.3 is 7.60 Å². The third-order valence-electron chi connectivity index (χ3n) is 3.30. The summed E-state index contributed by atoms with van der Waals surface area (Å²) >= 11 is 0. The topological polar surface area (TPSA) is 52.6 Å². The van der Waals surface area contributed by atoms with Crippen LogP contribution < -0.4 is 14.4 Å². The quantitative estimate of drug-likeness (QED) is 0.491. The Hall–Kier alpha value is -2.84. The Labute approximate surface area is 140 Å². The predicted molar refractivity (Wildman–Crippen MR) is 93.2 cm³/mol. The molecule has 0 atom stereocenters. The van der Waals surface area contributed by atoms with Crippen LogP contribution in [0.3, 0.4) is 0 Å². The molecule has 0 aromatic heterocycles. The lowest BCUT2D eigenvalue weighted by Crippen LogP contribution is -2.18. The number of para-hydroxylation sites is 2. The second-order valence-electron chi connectivity index (χ2n) is 4.98. The first kappa shape index (κ1) is 16.0. The minimum absolute atomic E-state index is 0.229. The number of benzene rings is 3. The Kier molecular flexibility index (Phi) is 4.78. The summed E-state index contributed by atoms with van der Waals surface area (Å²) in [4.78, 5) is 11.3. The van der Waals surface area contributed by atoms with E-state index in [0.717, 1.165) is 0 Å². The molecule has 0 amide bonds. The van der Waals surface area contributed by atoms with Crippen molar-refractivity contribution >= 4 is 19.2 Å². The van der Waals surface area contributed by atoms with E-state index < -0.39 is 7.60 Å². The molecule has 0 spiro atoms. The van der Waals surface area contributed by atoms with E-state index in [2.05, 4.69) is 0 Å². The van der Waals surface area contributed by atoms with Crippen molar-refractivity contribution < 1.29 is 18.4 Å². The second-order valence-corrected chi connectivity index (χ2v) is 6.82. The summed E-state index contributed by atoms with van der Waals surface area (Å²) in [5, 5.41) is 0.229. The van der Waals surface area contributed by atoms with Gasteiger partial charge in [0.1, 0.15) is 11.5 Å². The van der Waals surface area contributed by atoms with Gasteiger partial charge in [-0.1, -0.05) is 54.6 Å². The lowest BCUT2D eigenvalue weighted by Gasteiger charge is -2.21. The number of hydrogen-bond donors (Lipinski definition) is 0. The fourth-order valence-electron chi connectivity index (χ4n) is 2.19. The van der Waals surface area contributed by atoms with E-state index in [0.29, 0.717) is 17.8 Å². The highest BCUT2D eigenvalue weighted by Crippen LogP contribution is 2.48. The fourth-order valence-corrected chi connectivity index (χ4v) is 3.94. The van der Waals surface area contributed by atoms with Crippen LogP contribution in [0.25, 0.3) is 0 Å². The summed E-state index contributed by atoms with van der Waals surface area (Å²) in [6.45, 7) is 0. The Morgan fingerprint density at radius 1 is 0.667 bits per heavy atom. The van der Waals surface area contributed by atoms with E-state index in [1.165, 1.54) is 0 Å². The largest absolute Gasteiger partial charge is 0.463 e. The molecule has 0 N–H and O–H groups in total. The molecule has 3 aromatic rings. The lowest BCUT2D eigenvalue weighted by molar-refractivity contribution is 0.112. The highest BCUT2D eigenvalue weighted by atomic mass is 31.2. The van der Waals surface area contributed by atoms with Crippen molar-refractivity contribution in [1.29, 1.82) is 0 Å². The van der Waals surface area contributed by atoms with Crippen LogP contribution in [-0.2, 0) is 4.57 Å². The van der Waals surface area contributed by atoms with Gasteiger partial charge in [0.25, 0.3) is 0 Å². The molecule has 0 heterocycles. The van der Waals surface area contributed by atoms with Crippen molar-refractivity contribution in [3.8, 4) is 11.5 Å². The Morgan fingerprint density at radius 3 is 1.62 bits per heavy atom. The molecule has 0 aliphatic rings. The number of carbonyl (C=O) groups excluding carboxylic acids is 1. The third-order valence-corrected chi connectivity index (χ3v) is 5.20. The first-order chi connectivity index (χ1) is 11.7. The molecule has 3 rings (SSSR count). The summed E-state index contributed by atoms with van der Waals surface area (Å²) in [7, 11) is -3.80. The maximum atomic E-state index is 13.5. The van der Waals surface area contributed by atoms with E-state index in [4.69, 9.17) is 9.05 Å². The zero-order chi connectivity index (χ0) is 16.8. The number of hydrogen-bond acceptors (Lipinski definition) is 4. The van der Waals surface area contributed by atoms with Gasteiger partial charge < -0.3 is 9.05 Å². The van der Waals surface area contributed by atoms with Crippen molar-refractivity contribution in [2.75, 3.05) is 0 Å². The van der Waals surface area contributed by atoms with Crippen LogP contribution >= 0.6 is 7.60 Å². The number of carbonyl (C=O) groups is 1. The highest BCUT2D eigenvalue weighted by molar-refractivity contribution is 7.63. The zero-order valence-electron chi connectivity index (χ0n) is 12.7. The van der Waals surface area contributed by atoms with Crippen LogP contribution in [-0.4, -0.2) is 6.29 Å². The van der Waals surface area contributed by atoms with Crippen molar-refractivity contribution in [3.05, 3.63) is 90.5 Å². The molecular formula is C19H15O4P. The van der Waals surface area contributed by atoms with Crippen LogP contribution in [0.2, 0.25) is 0 Å². The minimum atomic E-state index is -3.80. The van der Waals surface area contributed by atoms with Crippen LogP contribution in [0.1, 0.15) is 10.4 Å². The first-order valence-electron chi connectivity index (χ1n) is 7.35. The van der Waals surface area contributed by atoms with Gasteiger partial charge in [0, 0.05) is 5.56 Å². The Morgan fingerprint density at radius 2 is 1.12 bits per heavy atom. The molecule has 0 aliphatic heterocycles. The molecule has 0 bridgehead atoms. The molecule has 0 aliphatic carbocycles. The number of rotatable bonds is 6. The smallest absolute Gasteiger partial charge is 0.413 e. The molecule has 3 aromatic carbocycles. The molecule has 0 radical (unpaired) electrons. The van der Waals surface area contributed by atoms with Crippen molar-refractivity contribution in [1.82, 2.24) is 0 Å². The monoisotopic (exact) mass is 338 g/mol. The minimum Gasteiger partial charge on any atom is -0.413 e. The van der Waals surface area contributed by atoms with Gasteiger partial charge in [0.15, 0.2) is 6.29 Å². The Bertz CT molecular complexity index is 817. The Balaban J connectivity index is 2.06. The maximum Gasteiger partial charge on any atom is 0.463 e. The molecule has 0 saturated heterocycles. The predicted octanol–water partition coefficient (Wildman–Crippen LogP) is 4.48. The van der Waals surface area contributed by atoms with Gasteiger partial charge in [-0.3, -0.25) is 4.79 Å². The molecule has 120 valence electrons. The van der Waals surface area contributed by atoms with Gasteiger partial charge in [-0.05, 0) is 30.3 Å². The first-order valence-corrected chi connectivity index (χ1v) is 8.90. The summed E-state index contributed by atoms with van der Waals surface area (Å²) < 4.78 is 24.9. The van der Waals surface area contributed by atoms with Gasteiger partial charge in [0.2, 0.25) is 0 Å². The normalized spacial score (nSPS) is 10.8. The van der Waals surface area contributed by atoms with Crippen molar-refractivity contribution in [2.45, 2.75) is 0 Å². The van der Waals surface area contributed by atoms with Crippen LogP contribution in [0.5, 0.6) is 11.5 Å². The molecular weight excluding hydrogens is 323 g/mol. The van der Waals surface area contributed by atoms with Gasteiger partial charge in [-0.15, -0.1) is 0 Å². The average Bonchev–Trinajstić information content (AvgIpc) is 2.63. The fraction of sp³-hybridized carbons (Fsp3) is 0.